The Kier molecular flexibility index (Phi) is 4.91. The lowest BCUT2D eigenvalue weighted by molar-refractivity contribution is -0.115. The van der Waals surface area contributed by atoms with Gasteiger partial charge in [-0.1, -0.05) is 26.0 Å². The van der Waals surface area contributed by atoms with Crippen LogP contribution in [-0.2, 0) is 4.79 Å². The zero-order chi connectivity index (χ0) is 13.8. The van der Waals surface area contributed by atoms with E-state index in [4.69, 9.17) is 0 Å². The second kappa shape index (κ2) is 6.01. The molecule has 0 saturated heterocycles. The number of anilines is 1. The van der Waals surface area contributed by atoms with Gasteiger partial charge in [-0.15, -0.1) is 0 Å². The molecule has 0 saturated carbocycles. The monoisotopic (exact) mass is 248 g/mol. The van der Waals surface area contributed by atoms with Gasteiger partial charge in [-0.2, -0.15) is 0 Å². The first-order valence-electron chi connectivity index (χ1n) is 6.43. The third-order valence-electron chi connectivity index (χ3n) is 2.62. The fourth-order valence-corrected chi connectivity index (χ4v) is 1.53. The van der Waals surface area contributed by atoms with Crippen molar-refractivity contribution >= 4 is 11.6 Å². The van der Waals surface area contributed by atoms with Crippen LogP contribution in [0, 0.1) is 0 Å². The molecule has 0 aliphatic carbocycles. The minimum atomic E-state index is -0.0445. The van der Waals surface area contributed by atoms with Gasteiger partial charge in [0, 0.05) is 11.2 Å². The molecule has 100 valence electrons. The van der Waals surface area contributed by atoms with Crippen molar-refractivity contribution in [1.82, 2.24) is 5.32 Å². The summed E-state index contributed by atoms with van der Waals surface area (Å²) in [6.45, 7) is 10.7. The summed E-state index contributed by atoms with van der Waals surface area (Å²) in [5.41, 5.74) is 2.05. The van der Waals surface area contributed by atoms with E-state index in [1.54, 1.807) is 0 Å². The normalized spacial score (nSPS) is 11.7. The molecule has 0 aliphatic heterocycles. The van der Waals surface area contributed by atoms with Crippen molar-refractivity contribution in [3.8, 4) is 0 Å². The summed E-state index contributed by atoms with van der Waals surface area (Å²) >= 11 is 0. The fourth-order valence-electron chi connectivity index (χ4n) is 1.53. The van der Waals surface area contributed by atoms with E-state index in [-0.39, 0.29) is 11.4 Å². The summed E-state index contributed by atoms with van der Waals surface area (Å²) < 4.78 is 0. The van der Waals surface area contributed by atoms with Crippen molar-refractivity contribution in [2.45, 2.75) is 46.1 Å². The zero-order valence-electron chi connectivity index (χ0n) is 12.0. The molecule has 1 aromatic carbocycles. The van der Waals surface area contributed by atoms with Gasteiger partial charge in [0.2, 0.25) is 5.91 Å². The average Bonchev–Trinajstić information content (AvgIpc) is 2.26. The highest BCUT2D eigenvalue weighted by molar-refractivity contribution is 5.92. The van der Waals surface area contributed by atoms with E-state index in [1.165, 1.54) is 5.56 Å². The molecule has 1 rings (SSSR count). The van der Waals surface area contributed by atoms with Crippen molar-refractivity contribution < 1.29 is 4.79 Å². The molecule has 0 spiro atoms. The summed E-state index contributed by atoms with van der Waals surface area (Å²) in [6.07, 6.45) is 0. The highest BCUT2D eigenvalue weighted by Gasteiger charge is 2.11. The SMILES string of the molecule is CC(C)c1cccc(NC(=O)CNC(C)(C)C)c1. The third kappa shape index (κ3) is 5.32. The number of benzene rings is 1. The summed E-state index contributed by atoms with van der Waals surface area (Å²) in [6, 6.07) is 8.00. The number of hydrogen-bond acceptors (Lipinski definition) is 2. The van der Waals surface area contributed by atoms with Crippen LogP contribution in [0.4, 0.5) is 5.69 Å². The van der Waals surface area contributed by atoms with E-state index in [2.05, 4.69) is 30.5 Å². The number of carbonyl (C=O) groups excluding carboxylic acids is 1. The van der Waals surface area contributed by atoms with E-state index in [0.29, 0.717) is 12.5 Å². The largest absolute Gasteiger partial charge is 0.325 e. The molecule has 0 radical (unpaired) electrons. The molecule has 3 nitrogen and oxygen atoms in total. The van der Waals surface area contributed by atoms with Gasteiger partial charge in [0.25, 0.3) is 0 Å². The maximum atomic E-state index is 11.8. The summed E-state index contributed by atoms with van der Waals surface area (Å²) in [5, 5.41) is 6.08. The van der Waals surface area contributed by atoms with Crippen LogP contribution in [0.5, 0.6) is 0 Å². The van der Waals surface area contributed by atoms with Gasteiger partial charge in [-0.3, -0.25) is 4.79 Å². The van der Waals surface area contributed by atoms with Gasteiger partial charge in [0.15, 0.2) is 0 Å². The molecule has 3 heteroatoms. The molecular weight excluding hydrogens is 224 g/mol. The van der Waals surface area contributed by atoms with Crippen LogP contribution >= 0.6 is 0 Å². The highest BCUT2D eigenvalue weighted by atomic mass is 16.1. The lowest BCUT2D eigenvalue weighted by Gasteiger charge is -2.20. The number of rotatable bonds is 4. The third-order valence-corrected chi connectivity index (χ3v) is 2.62. The molecule has 0 fully saturated rings. The number of carbonyl (C=O) groups is 1. The van der Waals surface area contributed by atoms with Crippen molar-refractivity contribution in [3.05, 3.63) is 29.8 Å². The zero-order valence-corrected chi connectivity index (χ0v) is 12.0. The van der Waals surface area contributed by atoms with Gasteiger partial charge >= 0.3 is 0 Å². The first kappa shape index (κ1) is 14.7. The highest BCUT2D eigenvalue weighted by Crippen LogP contribution is 2.18. The molecule has 0 aliphatic rings. The summed E-state index contributed by atoms with van der Waals surface area (Å²) in [5.74, 6) is 0.459. The van der Waals surface area contributed by atoms with Crippen LogP contribution in [0.25, 0.3) is 0 Å². The predicted octanol–water partition coefficient (Wildman–Crippen LogP) is 3.14. The van der Waals surface area contributed by atoms with Crippen molar-refractivity contribution in [1.29, 1.82) is 0 Å². The molecule has 0 aromatic heterocycles. The van der Waals surface area contributed by atoms with E-state index in [9.17, 15) is 4.79 Å². The molecule has 0 unspecified atom stereocenters. The maximum absolute atomic E-state index is 11.8. The van der Waals surface area contributed by atoms with Crippen LogP contribution in [0.2, 0.25) is 0 Å². The Morgan fingerprint density at radius 2 is 1.94 bits per heavy atom. The minimum absolute atomic E-state index is 0.00849. The smallest absolute Gasteiger partial charge is 0.238 e. The van der Waals surface area contributed by atoms with Crippen LogP contribution in [-0.4, -0.2) is 18.0 Å². The van der Waals surface area contributed by atoms with E-state index >= 15 is 0 Å². The second-order valence-electron chi connectivity index (χ2n) is 5.93. The van der Waals surface area contributed by atoms with Crippen molar-refractivity contribution in [2.75, 3.05) is 11.9 Å². The predicted molar refractivity (Wildman–Crippen MR) is 76.9 cm³/mol. The Balaban J connectivity index is 2.57. The van der Waals surface area contributed by atoms with Gasteiger partial charge in [-0.25, -0.2) is 0 Å². The maximum Gasteiger partial charge on any atom is 0.238 e. The van der Waals surface area contributed by atoms with Crippen LogP contribution < -0.4 is 10.6 Å². The Morgan fingerprint density at radius 3 is 2.50 bits per heavy atom. The second-order valence-corrected chi connectivity index (χ2v) is 5.93. The van der Waals surface area contributed by atoms with Gasteiger partial charge in [-0.05, 0) is 44.4 Å². The number of hydrogen-bond donors (Lipinski definition) is 2. The minimum Gasteiger partial charge on any atom is -0.325 e. The molecular formula is C15H24N2O. The lowest BCUT2D eigenvalue weighted by atomic mass is 10.0. The lowest BCUT2D eigenvalue weighted by Crippen LogP contribution is -2.41. The van der Waals surface area contributed by atoms with Gasteiger partial charge in [0.05, 0.1) is 6.54 Å². The van der Waals surface area contributed by atoms with Gasteiger partial charge in [0.1, 0.15) is 0 Å². The summed E-state index contributed by atoms with van der Waals surface area (Å²) in [7, 11) is 0. The number of nitrogens with one attached hydrogen (secondary N) is 2. The van der Waals surface area contributed by atoms with Crippen LogP contribution in [0.3, 0.4) is 0 Å². The molecule has 0 heterocycles. The van der Waals surface area contributed by atoms with Gasteiger partial charge < -0.3 is 10.6 Å². The van der Waals surface area contributed by atoms with Crippen LogP contribution in [0.1, 0.15) is 46.1 Å². The fraction of sp³-hybridized carbons (Fsp3) is 0.533. The molecule has 2 N–H and O–H groups in total. The quantitative estimate of drug-likeness (QED) is 0.859. The van der Waals surface area contributed by atoms with Crippen molar-refractivity contribution in [2.24, 2.45) is 0 Å². The molecule has 1 aromatic rings. The van der Waals surface area contributed by atoms with Crippen LogP contribution in [0.15, 0.2) is 24.3 Å². The topological polar surface area (TPSA) is 41.1 Å². The number of amides is 1. The van der Waals surface area contributed by atoms with Crippen molar-refractivity contribution in [3.63, 3.8) is 0 Å². The molecule has 1 amide bonds. The first-order chi connectivity index (χ1) is 8.28. The van der Waals surface area contributed by atoms with E-state index in [0.717, 1.165) is 5.69 Å². The molecule has 0 bridgehead atoms. The van der Waals surface area contributed by atoms with E-state index in [1.807, 2.05) is 39.0 Å². The summed E-state index contributed by atoms with van der Waals surface area (Å²) in [4.78, 5) is 11.8. The molecule has 0 atom stereocenters. The molecule has 18 heavy (non-hydrogen) atoms. The Labute approximate surface area is 110 Å². The van der Waals surface area contributed by atoms with E-state index < -0.39 is 0 Å². The Hall–Kier alpha value is -1.35. The Bertz CT molecular complexity index is 405. The Morgan fingerprint density at radius 1 is 1.28 bits per heavy atom. The average molecular weight is 248 g/mol. The first-order valence-corrected chi connectivity index (χ1v) is 6.43. The standard InChI is InChI=1S/C15H24N2O/c1-11(2)12-7-6-8-13(9-12)17-14(18)10-16-15(3,4)5/h6-9,11,16H,10H2,1-5H3,(H,17,18).